The molecule has 3 nitrogen and oxygen atoms in total. The Kier molecular flexibility index (Phi) is 7.49. The van der Waals surface area contributed by atoms with Crippen LogP contribution in [0.15, 0.2) is 0 Å². The van der Waals surface area contributed by atoms with Crippen LogP contribution < -0.4 is 5.32 Å². The van der Waals surface area contributed by atoms with Gasteiger partial charge < -0.3 is 10.1 Å². The highest BCUT2D eigenvalue weighted by Crippen LogP contribution is 2.39. The normalized spacial score (nSPS) is 26.4. The van der Waals surface area contributed by atoms with E-state index in [4.69, 9.17) is 4.74 Å². The Balaban J connectivity index is 2.69. The van der Waals surface area contributed by atoms with Gasteiger partial charge >= 0.3 is 0 Å². The molecule has 1 saturated carbocycles. The Morgan fingerprint density at radius 1 is 1.35 bits per heavy atom. The summed E-state index contributed by atoms with van der Waals surface area (Å²) in [5.74, 6) is 0.762. The monoisotopic (exact) mass is 284 g/mol. The third-order valence-electron chi connectivity index (χ3n) is 4.92. The molecule has 120 valence electrons. The summed E-state index contributed by atoms with van der Waals surface area (Å²) >= 11 is 0. The summed E-state index contributed by atoms with van der Waals surface area (Å²) in [7, 11) is 1.80. The molecule has 1 fully saturated rings. The Morgan fingerprint density at radius 2 is 2.05 bits per heavy atom. The standard InChI is InChI=1S/C17H36N2O/c1-7-18-16-15(9-8-10-17(16,4)5)13-19(14(2)3)11-12-20-6/h14-16,18H,7-13H2,1-6H3. The summed E-state index contributed by atoms with van der Waals surface area (Å²) in [5, 5.41) is 3.77. The van der Waals surface area contributed by atoms with Crippen molar-refractivity contribution in [2.75, 3.05) is 33.4 Å². The molecule has 1 aliphatic rings. The molecule has 0 aromatic carbocycles. The Bertz CT molecular complexity index is 266. The van der Waals surface area contributed by atoms with Gasteiger partial charge in [-0.05, 0) is 44.6 Å². The highest BCUT2D eigenvalue weighted by atomic mass is 16.5. The van der Waals surface area contributed by atoms with Crippen molar-refractivity contribution >= 4 is 0 Å². The molecule has 3 heteroatoms. The summed E-state index contributed by atoms with van der Waals surface area (Å²) in [4.78, 5) is 2.58. The average Bonchev–Trinajstić information content (AvgIpc) is 2.37. The lowest BCUT2D eigenvalue weighted by Crippen LogP contribution is -2.53. The lowest BCUT2D eigenvalue weighted by atomic mass is 9.67. The zero-order valence-electron chi connectivity index (χ0n) is 14.5. The van der Waals surface area contributed by atoms with Crippen LogP contribution in [0.4, 0.5) is 0 Å². The summed E-state index contributed by atoms with van der Waals surface area (Å²) in [5.41, 5.74) is 0.419. The van der Waals surface area contributed by atoms with Gasteiger partial charge in [0.1, 0.15) is 0 Å². The predicted molar refractivity (Wildman–Crippen MR) is 87.2 cm³/mol. The lowest BCUT2D eigenvalue weighted by Gasteiger charge is -2.46. The Hall–Kier alpha value is -0.120. The van der Waals surface area contributed by atoms with E-state index in [1.807, 2.05) is 0 Å². The quantitative estimate of drug-likeness (QED) is 0.741. The van der Waals surface area contributed by atoms with Gasteiger partial charge in [-0.15, -0.1) is 0 Å². The molecule has 0 radical (unpaired) electrons. The van der Waals surface area contributed by atoms with Gasteiger partial charge in [0.25, 0.3) is 0 Å². The second-order valence-corrected chi connectivity index (χ2v) is 7.26. The number of hydrogen-bond donors (Lipinski definition) is 1. The van der Waals surface area contributed by atoms with Crippen LogP contribution in [0.25, 0.3) is 0 Å². The van der Waals surface area contributed by atoms with E-state index in [0.29, 0.717) is 17.5 Å². The van der Waals surface area contributed by atoms with E-state index >= 15 is 0 Å². The van der Waals surface area contributed by atoms with Crippen LogP contribution in [0.3, 0.4) is 0 Å². The van der Waals surface area contributed by atoms with Crippen molar-refractivity contribution in [3.05, 3.63) is 0 Å². The molecule has 2 unspecified atom stereocenters. The number of nitrogens with zero attached hydrogens (tertiary/aromatic N) is 1. The van der Waals surface area contributed by atoms with Crippen LogP contribution in [0.5, 0.6) is 0 Å². The van der Waals surface area contributed by atoms with Crippen molar-refractivity contribution in [1.29, 1.82) is 0 Å². The van der Waals surface area contributed by atoms with Crippen LogP contribution in [0, 0.1) is 11.3 Å². The van der Waals surface area contributed by atoms with Gasteiger partial charge in [-0.3, -0.25) is 4.90 Å². The van der Waals surface area contributed by atoms with Crippen LogP contribution in [0.1, 0.15) is 53.9 Å². The Labute approximate surface area is 126 Å². The molecule has 1 rings (SSSR count). The molecule has 0 heterocycles. The second-order valence-electron chi connectivity index (χ2n) is 7.26. The molecule has 0 amide bonds. The number of hydrogen-bond acceptors (Lipinski definition) is 3. The van der Waals surface area contributed by atoms with Crippen LogP contribution >= 0.6 is 0 Å². The molecule has 0 aromatic heterocycles. The van der Waals surface area contributed by atoms with E-state index in [1.165, 1.54) is 25.8 Å². The van der Waals surface area contributed by atoms with Gasteiger partial charge in [0.2, 0.25) is 0 Å². The third-order valence-corrected chi connectivity index (χ3v) is 4.92. The third kappa shape index (κ3) is 5.01. The second kappa shape index (κ2) is 8.35. The van der Waals surface area contributed by atoms with Crippen molar-refractivity contribution in [2.24, 2.45) is 11.3 Å². The molecular weight excluding hydrogens is 248 g/mol. The van der Waals surface area contributed by atoms with Gasteiger partial charge in [-0.25, -0.2) is 0 Å². The first-order valence-electron chi connectivity index (χ1n) is 8.38. The number of nitrogens with one attached hydrogen (secondary N) is 1. The number of methoxy groups -OCH3 is 1. The summed E-state index contributed by atoms with van der Waals surface area (Å²) in [6, 6.07) is 1.24. The average molecular weight is 284 g/mol. The van der Waals surface area contributed by atoms with E-state index in [2.05, 4.69) is 44.8 Å². The van der Waals surface area contributed by atoms with Gasteiger partial charge in [-0.2, -0.15) is 0 Å². The maximum Gasteiger partial charge on any atom is 0.0589 e. The fourth-order valence-corrected chi connectivity index (χ4v) is 3.71. The molecule has 0 aromatic rings. The highest BCUT2D eigenvalue weighted by Gasteiger charge is 2.39. The van der Waals surface area contributed by atoms with Gasteiger partial charge in [0.15, 0.2) is 0 Å². The molecular formula is C17H36N2O. The summed E-state index contributed by atoms with van der Waals surface area (Å²) in [6.07, 6.45) is 4.08. The van der Waals surface area contributed by atoms with Crippen molar-refractivity contribution in [3.8, 4) is 0 Å². The van der Waals surface area contributed by atoms with Crippen LogP contribution in [-0.2, 0) is 4.74 Å². The maximum absolute atomic E-state index is 5.27. The van der Waals surface area contributed by atoms with E-state index in [1.54, 1.807) is 7.11 Å². The SMILES string of the molecule is CCNC1C(CN(CCOC)C(C)C)CCCC1(C)C. The minimum Gasteiger partial charge on any atom is -0.383 e. The Morgan fingerprint density at radius 3 is 2.60 bits per heavy atom. The number of rotatable bonds is 8. The van der Waals surface area contributed by atoms with E-state index < -0.39 is 0 Å². The number of ether oxygens (including phenoxy) is 1. The highest BCUT2D eigenvalue weighted by molar-refractivity contribution is 4.94. The van der Waals surface area contributed by atoms with E-state index in [0.717, 1.165) is 25.6 Å². The van der Waals surface area contributed by atoms with Crippen molar-refractivity contribution in [2.45, 2.75) is 66.0 Å². The lowest BCUT2D eigenvalue weighted by molar-refractivity contribution is 0.0575. The minimum absolute atomic E-state index is 0.419. The molecule has 2 atom stereocenters. The predicted octanol–water partition coefficient (Wildman–Crippen LogP) is 3.15. The first-order chi connectivity index (χ1) is 9.42. The molecule has 0 saturated heterocycles. The summed E-state index contributed by atoms with van der Waals surface area (Å²) in [6.45, 7) is 15.8. The molecule has 0 spiro atoms. The molecule has 0 bridgehead atoms. The van der Waals surface area contributed by atoms with Gasteiger partial charge in [0.05, 0.1) is 6.61 Å². The molecule has 20 heavy (non-hydrogen) atoms. The first kappa shape index (κ1) is 17.9. The van der Waals surface area contributed by atoms with Gasteiger partial charge in [-0.1, -0.05) is 27.2 Å². The van der Waals surface area contributed by atoms with Crippen molar-refractivity contribution < 1.29 is 4.74 Å². The fourth-order valence-electron chi connectivity index (χ4n) is 3.71. The topological polar surface area (TPSA) is 24.5 Å². The fraction of sp³-hybridized carbons (Fsp3) is 1.00. The van der Waals surface area contributed by atoms with Crippen molar-refractivity contribution in [3.63, 3.8) is 0 Å². The van der Waals surface area contributed by atoms with E-state index in [-0.39, 0.29) is 0 Å². The molecule has 1 aliphatic carbocycles. The zero-order chi connectivity index (χ0) is 15.2. The van der Waals surface area contributed by atoms with Crippen LogP contribution in [0.2, 0.25) is 0 Å². The first-order valence-corrected chi connectivity index (χ1v) is 8.38. The van der Waals surface area contributed by atoms with E-state index in [9.17, 15) is 0 Å². The van der Waals surface area contributed by atoms with Gasteiger partial charge in [0, 0.05) is 32.3 Å². The molecule has 1 N–H and O–H groups in total. The largest absolute Gasteiger partial charge is 0.383 e. The zero-order valence-corrected chi connectivity index (χ0v) is 14.5. The van der Waals surface area contributed by atoms with Crippen LogP contribution in [-0.4, -0.2) is 50.3 Å². The summed E-state index contributed by atoms with van der Waals surface area (Å²) < 4.78 is 5.27. The smallest absolute Gasteiger partial charge is 0.0589 e. The minimum atomic E-state index is 0.419. The van der Waals surface area contributed by atoms with Crippen molar-refractivity contribution in [1.82, 2.24) is 10.2 Å². The maximum atomic E-state index is 5.27. The molecule has 0 aliphatic heterocycles.